The van der Waals surface area contributed by atoms with E-state index in [1.807, 2.05) is 62.4 Å². The molecule has 0 fully saturated rings. The van der Waals surface area contributed by atoms with Gasteiger partial charge in [0.15, 0.2) is 0 Å². The third-order valence-electron chi connectivity index (χ3n) is 6.20. The van der Waals surface area contributed by atoms with Crippen LogP contribution >= 0.6 is 0 Å². The van der Waals surface area contributed by atoms with Crippen molar-refractivity contribution in [3.63, 3.8) is 0 Å². The fraction of sp³-hybridized carbons (Fsp3) is 0.484. The van der Waals surface area contributed by atoms with Crippen LogP contribution < -0.4 is 10.6 Å². The summed E-state index contributed by atoms with van der Waals surface area (Å²) in [6.07, 6.45) is -0.504. The Labute approximate surface area is 237 Å². The quantitative estimate of drug-likeness (QED) is 0.377. The first-order valence-corrected chi connectivity index (χ1v) is 13.7. The predicted octanol–water partition coefficient (Wildman–Crippen LogP) is 4.40. The highest BCUT2D eigenvalue weighted by atomic mass is 16.6. The van der Waals surface area contributed by atoms with Crippen molar-refractivity contribution in [2.75, 3.05) is 19.7 Å². The average Bonchev–Trinajstić information content (AvgIpc) is 2.87. The topological polar surface area (TPSA) is 114 Å². The van der Waals surface area contributed by atoms with E-state index < -0.39 is 41.6 Å². The molecule has 0 saturated carbocycles. The van der Waals surface area contributed by atoms with Crippen LogP contribution in [0.25, 0.3) is 0 Å². The maximum Gasteiger partial charge on any atom is 0.408 e. The molecule has 40 heavy (non-hydrogen) atoms. The van der Waals surface area contributed by atoms with Crippen LogP contribution in [0.4, 0.5) is 4.79 Å². The van der Waals surface area contributed by atoms with E-state index >= 15 is 0 Å². The van der Waals surface area contributed by atoms with Crippen LogP contribution in [0, 0.1) is 13.8 Å². The number of aryl methyl sites for hydroxylation is 2. The Morgan fingerprint density at radius 2 is 1.55 bits per heavy atom. The van der Waals surface area contributed by atoms with Gasteiger partial charge in [0.05, 0.1) is 13.0 Å². The second-order valence-electron chi connectivity index (χ2n) is 10.6. The number of amides is 3. The summed E-state index contributed by atoms with van der Waals surface area (Å²) >= 11 is 0. The third-order valence-corrected chi connectivity index (χ3v) is 6.20. The molecule has 2 N–H and O–H groups in total. The molecule has 0 aliphatic heterocycles. The minimum Gasteiger partial charge on any atom is -0.466 e. The summed E-state index contributed by atoms with van der Waals surface area (Å²) < 4.78 is 10.4. The molecule has 2 aromatic rings. The zero-order chi connectivity index (χ0) is 29.9. The molecule has 0 bridgehead atoms. The van der Waals surface area contributed by atoms with Crippen molar-refractivity contribution in [3.05, 3.63) is 70.8 Å². The average molecular weight is 554 g/mol. The lowest BCUT2D eigenvalue weighted by atomic mass is 9.93. The SMILES string of the molecule is CCOC(=O)CCNC(=O)C(c1c(C)cccc1C)N(CC)C(=O)C(Cc1ccccc1)NC(=O)OC(C)(C)C. The van der Waals surface area contributed by atoms with Gasteiger partial charge in [-0.2, -0.15) is 0 Å². The lowest BCUT2D eigenvalue weighted by Crippen LogP contribution is -2.54. The van der Waals surface area contributed by atoms with Gasteiger partial charge in [-0.1, -0.05) is 48.5 Å². The molecule has 0 aliphatic rings. The summed E-state index contributed by atoms with van der Waals surface area (Å²) in [7, 11) is 0. The van der Waals surface area contributed by atoms with Gasteiger partial charge in [-0.05, 0) is 70.7 Å². The first-order chi connectivity index (χ1) is 18.9. The van der Waals surface area contributed by atoms with Crippen LogP contribution in [0.5, 0.6) is 0 Å². The van der Waals surface area contributed by atoms with E-state index in [1.165, 1.54) is 4.90 Å². The minimum atomic E-state index is -0.989. The van der Waals surface area contributed by atoms with Gasteiger partial charge in [-0.15, -0.1) is 0 Å². The largest absolute Gasteiger partial charge is 0.466 e. The number of alkyl carbamates (subject to hydrolysis) is 1. The summed E-state index contributed by atoms with van der Waals surface area (Å²) in [5.74, 6) is -1.27. The lowest BCUT2D eigenvalue weighted by Gasteiger charge is -2.35. The highest BCUT2D eigenvalue weighted by molar-refractivity contribution is 5.93. The van der Waals surface area contributed by atoms with Gasteiger partial charge < -0.3 is 25.0 Å². The zero-order valence-corrected chi connectivity index (χ0v) is 24.7. The van der Waals surface area contributed by atoms with Gasteiger partial charge in [0, 0.05) is 19.5 Å². The van der Waals surface area contributed by atoms with E-state index in [0.29, 0.717) is 5.56 Å². The summed E-state index contributed by atoms with van der Waals surface area (Å²) in [4.78, 5) is 54.0. The van der Waals surface area contributed by atoms with Crippen molar-refractivity contribution in [1.29, 1.82) is 0 Å². The van der Waals surface area contributed by atoms with E-state index in [9.17, 15) is 19.2 Å². The van der Waals surface area contributed by atoms with Gasteiger partial charge in [-0.25, -0.2) is 4.79 Å². The highest BCUT2D eigenvalue weighted by Crippen LogP contribution is 2.29. The molecule has 2 unspecified atom stereocenters. The van der Waals surface area contributed by atoms with Crippen molar-refractivity contribution in [3.8, 4) is 0 Å². The second kappa shape index (κ2) is 15.1. The Morgan fingerprint density at radius 3 is 2.10 bits per heavy atom. The Hall–Kier alpha value is -3.88. The molecular weight excluding hydrogens is 510 g/mol. The van der Waals surface area contributed by atoms with E-state index in [1.54, 1.807) is 34.6 Å². The number of hydrogen-bond acceptors (Lipinski definition) is 6. The number of nitrogens with one attached hydrogen (secondary N) is 2. The van der Waals surface area contributed by atoms with Gasteiger partial charge in [0.1, 0.15) is 17.7 Å². The maximum absolute atomic E-state index is 14.2. The minimum absolute atomic E-state index is 0.00988. The molecule has 0 heterocycles. The Morgan fingerprint density at radius 1 is 0.925 bits per heavy atom. The number of carbonyl (C=O) groups is 4. The lowest BCUT2D eigenvalue weighted by molar-refractivity contribution is -0.144. The molecule has 9 nitrogen and oxygen atoms in total. The normalized spacial score (nSPS) is 12.6. The van der Waals surface area contributed by atoms with Crippen molar-refractivity contribution >= 4 is 23.9 Å². The van der Waals surface area contributed by atoms with Crippen molar-refractivity contribution in [2.45, 2.75) is 79.0 Å². The fourth-order valence-electron chi connectivity index (χ4n) is 4.47. The molecule has 9 heteroatoms. The molecule has 3 amide bonds. The molecular formula is C31H43N3O6. The summed E-state index contributed by atoms with van der Waals surface area (Å²) in [6.45, 7) is 13.0. The zero-order valence-electron chi connectivity index (χ0n) is 24.7. The van der Waals surface area contributed by atoms with Crippen LogP contribution in [0.2, 0.25) is 0 Å². The second-order valence-corrected chi connectivity index (χ2v) is 10.6. The van der Waals surface area contributed by atoms with Crippen molar-refractivity contribution in [2.24, 2.45) is 0 Å². The number of hydrogen-bond donors (Lipinski definition) is 2. The van der Waals surface area contributed by atoms with Crippen LogP contribution in [-0.4, -0.2) is 60.1 Å². The molecule has 0 saturated heterocycles. The molecule has 0 radical (unpaired) electrons. The van der Waals surface area contributed by atoms with Gasteiger partial charge in [-0.3, -0.25) is 14.4 Å². The Kier molecular flexibility index (Phi) is 12.2. The molecule has 2 atom stereocenters. The molecule has 218 valence electrons. The molecule has 0 aliphatic carbocycles. The summed E-state index contributed by atoms with van der Waals surface area (Å²) in [6, 6.07) is 13.0. The third kappa shape index (κ3) is 9.70. The fourth-order valence-corrected chi connectivity index (χ4v) is 4.47. The van der Waals surface area contributed by atoms with E-state index in [0.717, 1.165) is 16.7 Å². The van der Waals surface area contributed by atoms with Crippen molar-refractivity contribution < 1.29 is 28.7 Å². The number of ether oxygens (including phenoxy) is 2. The predicted molar refractivity (Wildman–Crippen MR) is 154 cm³/mol. The van der Waals surface area contributed by atoms with Crippen LogP contribution in [0.3, 0.4) is 0 Å². The summed E-state index contributed by atoms with van der Waals surface area (Å²) in [5.41, 5.74) is 2.47. The van der Waals surface area contributed by atoms with Crippen LogP contribution in [0.15, 0.2) is 48.5 Å². The van der Waals surface area contributed by atoms with E-state index in [-0.39, 0.29) is 32.5 Å². The van der Waals surface area contributed by atoms with Crippen LogP contribution in [0.1, 0.15) is 69.3 Å². The highest BCUT2D eigenvalue weighted by Gasteiger charge is 2.37. The molecule has 0 aromatic heterocycles. The van der Waals surface area contributed by atoms with E-state index in [4.69, 9.17) is 9.47 Å². The number of carbonyl (C=O) groups excluding carboxylic acids is 4. The monoisotopic (exact) mass is 553 g/mol. The number of benzene rings is 2. The van der Waals surface area contributed by atoms with Gasteiger partial charge >= 0.3 is 12.1 Å². The number of rotatable bonds is 12. The number of nitrogens with zero attached hydrogens (tertiary/aromatic N) is 1. The number of likely N-dealkylation sites (N-methyl/N-ethyl adjacent to an activating group) is 1. The Balaban J connectivity index is 2.47. The first kappa shape index (κ1) is 32.3. The first-order valence-electron chi connectivity index (χ1n) is 13.7. The smallest absolute Gasteiger partial charge is 0.408 e. The van der Waals surface area contributed by atoms with E-state index in [2.05, 4.69) is 10.6 Å². The molecule has 2 aromatic carbocycles. The standard InChI is InChI=1S/C31H43N3O6/c1-8-34(29(37)24(20-23-16-11-10-12-17-23)33-30(38)40-31(5,6)7)27(26-21(3)14-13-15-22(26)4)28(36)32-19-18-25(35)39-9-2/h10-17,24,27H,8-9,18-20H2,1-7H3,(H,32,36)(H,33,38). The molecule has 0 spiro atoms. The Bertz CT molecular complexity index is 1140. The number of esters is 1. The van der Waals surface area contributed by atoms with Gasteiger partial charge in [0.2, 0.25) is 11.8 Å². The van der Waals surface area contributed by atoms with Gasteiger partial charge in [0.25, 0.3) is 0 Å². The van der Waals surface area contributed by atoms with Crippen molar-refractivity contribution in [1.82, 2.24) is 15.5 Å². The molecule has 2 rings (SSSR count). The van der Waals surface area contributed by atoms with Crippen LogP contribution in [-0.2, 0) is 30.3 Å². The summed E-state index contributed by atoms with van der Waals surface area (Å²) in [5, 5.41) is 5.55. The maximum atomic E-state index is 14.2.